The van der Waals surface area contributed by atoms with Gasteiger partial charge in [-0.15, -0.1) is 0 Å². The molecule has 0 atom stereocenters. The van der Waals surface area contributed by atoms with Gasteiger partial charge in [-0.2, -0.15) is 5.10 Å². The zero-order chi connectivity index (χ0) is 25.6. The maximum absolute atomic E-state index is 14.5. The second-order valence-electron chi connectivity index (χ2n) is 8.48. The molecule has 0 spiro atoms. The van der Waals surface area contributed by atoms with E-state index in [1.807, 2.05) is 24.3 Å². The largest absolute Gasteiger partial charge is 0.336 e. The summed E-state index contributed by atoms with van der Waals surface area (Å²) in [5, 5.41) is 8.24. The molecule has 3 N–H and O–H groups in total. The molecule has 37 heavy (non-hydrogen) atoms. The number of H-pyrrole nitrogens is 2. The molecule has 0 aliphatic heterocycles. The Morgan fingerprint density at radius 3 is 2.65 bits per heavy atom. The number of nitrogens with zero attached hydrogens (tertiary/aromatic N) is 5. The van der Waals surface area contributed by atoms with Crippen LogP contribution in [0, 0.1) is 5.82 Å². The summed E-state index contributed by atoms with van der Waals surface area (Å²) >= 11 is 0. The number of hydrogen-bond acceptors (Lipinski definition) is 7. The summed E-state index contributed by atoms with van der Waals surface area (Å²) in [7, 11) is -3.43. The zero-order valence-corrected chi connectivity index (χ0v) is 20.2. The predicted octanol–water partition coefficient (Wildman–Crippen LogP) is 3.81. The highest BCUT2D eigenvalue weighted by atomic mass is 32.2. The molecule has 6 aromatic rings. The monoisotopic (exact) mass is 514 g/mol. The van der Waals surface area contributed by atoms with Crippen molar-refractivity contribution in [1.29, 1.82) is 0 Å². The maximum atomic E-state index is 14.5. The molecule has 184 valence electrons. The van der Waals surface area contributed by atoms with E-state index in [-0.39, 0.29) is 6.54 Å². The molecule has 10 nitrogen and oxygen atoms in total. The Hall–Kier alpha value is -4.55. The summed E-state index contributed by atoms with van der Waals surface area (Å²) in [6.45, 7) is -0.0444. The van der Waals surface area contributed by atoms with E-state index in [0.717, 1.165) is 22.9 Å². The highest BCUT2D eigenvalue weighted by molar-refractivity contribution is 7.88. The lowest BCUT2D eigenvalue weighted by Gasteiger charge is -2.07. The summed E-state index contributed by atoms with van der Waals surface area (Å²) in [4.78, 5) is 21.3. The Balaban J connectivity index is 1.44. The molecule has 12 heteroatoms. The number of nitrogens with one attached hydrogen (secondary N) is 3. The van der Waals surface area contributed by atoms with Crippen molar-refractivity contribution in [2.45, 2.75) is 6.54 Å². The van der Waals surface area contributed by atoms with Crippen LogP contribution in [-0.4, -0.2) is 49.8 Å². The van der Waals surface area contributed by atoms with Crippen LogP contribution in [0.3, 0.4) is 0 Å². The number of aromatic amines is 2. The molecule has 0 unspecified atom stereocenters. The Bertz CT molecular complexity index is 1880. The van der Waals surface area contributed by atoms with Crippen LogP contribution in [0.25, 0.3) is 56.1 Å². The lowest BCUT2D eigenvalue weighted by Crippen LogP contribution is -2.21. The van der Waals surface area contributed by atoms with Crippen LogP contribution >= 0.6 is 0 Å². The fourth-order valence-electron chi connectivity index (χ4n) is 4.11. The second-order valence-corrected chi connectivity index (χ2v) is 10.3. The van der Waals surface area contributed by atoms with Crippen molar-refractivity contribution < 1.29 is 12.8 Å². The third-order valence-corrected chi connectivity index (χ3v) is 6.44. The van der Waals surface area contributed by atoms with Gasteiger partial charge >= 0.3 is 0 Å². The molecule has 0 saturated heterocycles. The van der Waals surface area contributed by atoms with Crippen LogP contribution in [0.15, 0.2) is 67.1 Å². The summed E-state index contributed by atoms with van der Waals surface area (Å²) in [5.41, 5.74) is 5.37. The summed E-state index contributed by atoms with van der Waals surface area (Å²) in [6, 6.07) is 13.6. The van der Waals surface area contributed by atoms with E-state index in [0.29, 0.717) is 45.1 Å². The SMILES string of the molecule is CS(=O)(=O)NCc1cc(F)cc(-c2nccc3[nH]c(-c4n[nH]c5cnc(-c6ccccn6)cc45)nc23)c1. The average molecular weight is 515 g/mol. The van der Waals surface area contributed by atoms with Crippen molar-refractivity contribution >= 4 is 32.0 Å². The van der Waals surface area contributed by atoms with Gasteiger partial charge in [-0.05, 0) is 48.0 Å². The van der Waals surface area contributed by atoms with Crippen LogP contribution in [0.5, 0.6) is 0 Å². The van der Waals surface area contributed by atoms with Gasteiger partial charge in [-0.1, -0.05) is 6.07 Å². The summed E-state index contributed by atoms with van der Waals surface area (Å²) in [6.07, 6.45) is 6.06. The first-order chi connectivity index (χ1) is 17.8. The highest BCUT2D eigenvalue weighted by Crippen LogP contribution is 2.32. The van der Waals surface area contributed by atoms with Gasteiger partial charge in [0, 0.05) is 29.9 Å². The number of fused-ring (bicyclic) bond motifs is 2. The Kier molecular flexibility index (Phi) is 5.46. The number of halogens is 1. The smallest absolute Gasteiger partial charge is 0.209 e. The molecule has 0 aliphatic carbocycles. The van der Waals surface area contributed by atoms with Crippen LogP contribution < -0.4 is 4.72 Å². The lowest BCUT2D eigenvalue weighted by atomic mass is 10.1. The topological polar surface area (TPSA) is 142 Å². The second kappa shape index (κ2) is 8.84. The Morgan fingerprint density at radius 1 is 0.946 bits per heavy atom. The number of sulfonamides is 1. The quantitative estimate of drug-likeness (QED) is 0.307. The standard InChI is InChI=1S/C25H19FN8O2S/c1-37(35,36)30-12-14-8-15(10-16(26)9-14)22-24-19(5-7-28-22)31-25(32-24)23-17-11-20(18-4-2-3-6-27-18)29-13-21(17)33-34-23/h2-11,13,30H,12H2,1H3,(H,31,32)(H,33,34). The first kappa shape index (κ1) is 22.9. The maximum Gasteiger partial charge on any atom is 0.209 e. The molecular weight excluding hydrogens is 495 g/mol. The third kappa shape index (κ3) is 4.55. The molecule has 5 heterocycles. The van der Waals surface area contributed by atoms with Gasteiger partial charge in [0.05, 0.1) is 40.6 Å². The number of rotatable bonds is 6. The summed E-state index contributed by atoms with van der Waals surface area (Å²) in [5.74, 6) is -0.00532. The normalized spacial score (nSPS) is 11.9. The van der Waals surface area contributed by atoms with E-state index in [2.05, 4.69) is 34.9 Å². The van der Waals surface area contributed by atoms with Crippen molar-refractivity contribution in [2.75, 3.05) is 6.26 Å². The first-order valence-corrected chi connectivity index (χ1v) is 13.1. The number of benzene rings is 1. The van der Waals surface area contributed by atoms with E-state index in [4.69, 9.17) is 4.98 Å². The molecule has 1 aromatic carbocycles. The minimum Gasteiger partial charge on any atom is -0.336 e. The first-order valence-electron chi connectivity index (χ1n) is 11.2. The number of pyridine rings is 3. The van der Waals surface area contributed by atoms with Crippen LogP contribution in [0.1, 0.15) is 5.56 Å². The number of hydrogen-bond donors (Lipinski definition) is 3. The van der Waals surface area contributed by atoms with Crippen molar-refractivity contribution in [3.05, 3.63) is 78.5 Å². The van der Waals surface area contributed by atoms with Crippen molar-refractivity contribution in [2.24, 2.45) is 0 Å². The van der Waals surface area contributed by atoms with Crippen LogP contribution in [0.4, 0.5) is 4.39 Å². The summed E-state index contributed by atoms with van der Waals surface area (Å²) < 4.78 is 39.8. The molecule has 0 saturated carbocycles. The van der Waals surface area contributed by atoms with Gasteiger partial charge in [0.2, 0.25) is 10.0 Å². The molecule has 5 aromatic heterocycles. The third-order valence-electron chi connectivity index (χ3n) is 5.77. The predicted molar refractivity (Wildman–Crippen MR) is 137 cm³/mol. The van der Waals surface area contributed by atoms with E-state index < -0.39 is 15.8 Å². The molecule has 0 bridgehead atoms. The van der Waals surface area contributed by atoms with E-state index in [1.165, 1.54) is 12.1 Å². The van der Waals surface area contributed by atoms with E-state index >= 15 is 0 Å². The lowest BCUT2D eigenvalue weighted by molar-refractivity contribution is 0.586. The van der Waals surface area contributed by atoms with Crippen molar-refractivity contribution in [1.82, 2.24) is 39.8 Å². The van der Waals surface area contributed by atoms with Crippen LogP contribution in [0.2, 0.25) is 0 Å². The molecule has 0 amide bonds. The molecule has 6 rings (SSSR count). The molecule has 0 radical (unpaired) electrons. The van der Waals surface area contributed by atoms with E-state index in [9.17, 15) is 12.8 Å². The van der Waals surface area contributed by atoms with Gasteiger partial charge in [-0.3, -0.25) is 20.1 Å². The van der Waals surface area contributed by atoms with E-state index in [1.54, 1.807) is 30.7 Å². The molecule has 0 aliphatic rings. The van der Waals surface area contributed by atoms with Gasteiger partial charge in [0.15, 0.2) is 5.82 Å². The highest BCUT2D eigenvalue weighted by Gasteiger charge is 2.18. The van der Waals surface area contributed by atoms with Gasteiger partial charge in [0.25, 0.3) is 0 Å². The minimum absolute atomic E-state index is 0.0444. The van der Waals surface area contributed by atoms with Gasteiger partial charge in [0.1, 0.15) is 17.0 Å². The van der Waals surface area contributed by atoms with Crippen molar-refractivity contribution in [3.8, 4) is 34.2 Å². The fraction of sp³-hybridized carbons (Fsp3) is 0.0800. The number of aromatic nitrogens is 7. The average Bonchev–Trinajstić information content (AvgIpc) is 3.51. The van der Waals surface area contributed by atoms with Crippen molar-refractivity contribution in [3.63, 3.8) is 0 Å². The zero-order valence-electron chi connectivity index (χ0n) is 19.4. The van der Waals surface area contributed by atoms with Crippen LogP contribution in [-0.2, 0) is 16.6 Å². The van der Waals surface area contributed by atoms with Gasteiger partial charge in [-0.25, -0.2) is 22.5 Å². The van der Waals surface area contributed by atoms with Gasteiger partial charge < -0.3 is 4.98 Å². The Labute approximate surface area is 210 Å². The fourth-order valence-corrected chi connectivity index (χ4v) is 4.54. The molecule has 0 fully saturated rings. The minimum atomic E-state index is -3.43. The Morgan fingerprint density at radius 2 is 1.84 bits per heavy atom. The number of imidazole rings is 1. The molecular formula is C25H19FN8O2S.